The molecule has 0 aromatic heterocycles. The molecule has 9 heteroatoms. The van der Waals surface area contributed by atoms with Crippen LogP contribution in [0.25, 0.3) is 0 Å². The molecule has 1 aromatic carbocycles. The van der Waals surface area contributed by atoms with E-state index >= 15 is 0 Å². The molecule has 0 amide bonds. The van der Waals surface area contributed by atoms with E-state index in [1.807, 2.05) is 0 Å². The van der Waals surface area contributed by atoms with Gasteiger partial charge in [0.2, 0.25) is 10.0 Å². The fourth-order valence-corrected chi connectivity index (χ4v) is 3.10. The monoisotopic (exact) mass is 345 g/mol. The van der Waals surface area contributed by atoms with Gasteiger partial charge in [-0.2, -0.15) is 13.2 Å². The zero-order chi connectivity index (χ0) is 16.3. The number of aliphatic hydroxyl groups excluding tert-OH is 1. The van der Waals surface area contributed by atoms with Gasteiger partial charge in [0.1, 0.15) is 4.90 Å². The summed E-state index contributed by atoms with van der Waals surface area (Å²) in [4.78, 5) is -0.634. The van der Waals surface area contributed by atoms with E-state index in [0.29, 0.717) is 18.6 Å². The van der Waals surface area contributed by atoms with Gasteiger partial charge in [-0.25, -0.2) is 13.1 Å². The number of alkyl halides is 3. The van der Waals surface area contributed by atoms with Gasteiger partial charge in [-0.15, -0.1) is 0 Å². The fraction of sp³-hybridized carbons (Fsp3) is 0.500. The zero-order valence-corrected chi connectivity index (χ0v) is 12.7. The molecule has 0 saturated carbocycles. The van der Waals surface area contributed by atoms with E-state index in [-0.39, 0.29) is 18.0 Å². The molecule has 120 valence electrons. The van der Waals surface area contributed by atoms with Crippen LogP contribution in [0.4, 0.5) is 13.2 Å². The van der Waals surface area contributed by atoms with Gasteiger partial charge in [0.25, 0.3) is 0 Å². The van der Waals surface area contributed by atoms with Crippen molar-refractivity contribution in [3.05, 3.63) is 28.8 Å². The normalized spacial score (nSPS) is 14.2. The van der Waals surface area contributed by atoms with Crippen LogP contribution < -0.4 is 4.72 Å². The first-order valence-electron chi connectivity index (χ1n) is 6.12. The molecule has 0 fully saturated rings. The quantitative estimate of drug-likeness (QED) is 0.833. The van der Waals surface area contributed by atoms with Gasteiger partial charge in [-0.1, -0.05) is 18.5 Å². The maximum Gasteiger partial charge on any atom is 0.416 e. The average Bonchev–Trinajstić information content (AvgIpc) is 2.37. The van der Waals surface area contributed by atoms with Crippen LogP contribution in [0.5, 0.6) is 0 Å². The van der Waals surface area contributed by atoms with Crippen LogP contribution >= 0.6 is 11.6 Å². The molecule has 21 heavy (non-hydrogen) atoms. The molecule has 1 atom stereocenters. The van der Waals surface area contributed by atoms with Gasteiger partial charge >= 0.3 is 6.18 Å². The Balaban J connectivity index is 2.97. The van der Waals surface area contributed by atoms with Crippen LogP contribution in [0, 0.1) is 0 Å². The third-order valence-electron chi connectivity index (χ3n) is 2.79. The molecular formula is C12H15ClF3NO3S. The van der Waals surface area contributed by atoms with E-state index in [0.717, 1.165) is 6.07 Å². The summed E-state index contributed by atoms with van der Waals surface area (Å²) < 4.78 is 63.8. The van der Waals surface area contributed by atoms with Gasteiger partial charge in [-0.05, 0) is 31.0 Å². The summed E-state index contributed by atoms with van der Waals surface area (Å²) in [6, 6.07) is 2.09. The SMILES string of the molecule is CCC(O)CCNS(=O)(=O)c1cc(C(F)(F)F)ccc1Cl. The number of benzene rings is 1. The van der Waals surface area contributed by atoms with Crippen LogP contribution in [-0.2, 0) is 16.2 Å². The van der Waals surface area contributed by atoms with Crippen LogP contribution in [0.1, 0.15) is 25.3 Å². The van der Waals surface area contributed by atoms with Crippen LogP contribution in [0.3, 0.4) is 0 Å². The summed E-state index contributed by atoms with van der Waals surface area (Å²) in [5.41, 5.74) is -1.10. The molecule has 1 unspecified atom stereocenters. The lowest BCUT2D eigenvalue weighted by molar-refractivity contribution is -0.137. The Bertz CT molecular complexity index is 590. The summed E-state index contributed by atoms with van der Waals surface area (Å²) >= 11 is 5.66. The molecule has 2 N–H and O–H groups in total. The number of sulfonamides is 1. The van der Waals surface area contributed by atoms with Gasteiger partial charge in [0, 0.05) is 6.54 Å². The second kappa shape index (κ2) is 6.95. The molecule has 0 spiro atoms. The molecule has 0 aliphatic carbocycles. The lowest BCUT2D eigenvalue weighted by atomic mass is 10.2. The summed E-state index contributed by atoms with van der Waals surface area (Å²) in [5, 5.41) is 9.02. The van der Waals surface area contributed by atoms with Crippen molar-refractivity contribution in [2.75, 3.05) is 6.54 Å². The van der Waals surface area contributed by atoms with Crippen LogP contribution in [0.15, 0.2) is 23.1 Å². The second-order valence-electron chi connectivity index (χ2n) is 4.39. The topological polar surface area (TPSA) is 66.4 Å². The molecule has 1 aromatic rings. The van der Waals surface area contributed by atoms with E-state index in [1.54, 1.807) is 6.92 Å². The molecule has 0 radical (unpaired) electrons. The predicted octanol–water partition coefficient (Wildman–Crippen LogP) is 2.80. The Morgan fingerprint density at radius 1 is 1.38 bits per heavy atom. The highest BCUT2D eigenvalue weighted by atomic mass is 35.5. The van der Waals surface area contributed by atoms with Crippen molar-refractivity contribution < 1.29 is 26.7 Å². The maximum atomic E-state index is 12.6. The molecule has 0 aliphatic heterocycles. The first-order valence-corrected chi connectivity index (χ1v) is 7.98. The Hall–Kier alpha value is -0.830. The minimum Gasteiger partial charge on any atom is -0.393 e. The van der Waals surface area contributed by atoms with Crippen molar-refractivity contribution in [3.8, 4) is 0 Å². The lowest BCUT2D eigenvalue weighted by Gasteiger charge is -2.13. The molecular weight excluding hydrogens is 331 g/mol. The number of aliphatic hydroxyl groups is 1. The van der Waals surface area contributed by atoms with Gasteiger partial charge in [0.15, 0.2) is 0 Å². The summed E-state index contributed by atoms with van der Waals surface area (Å²) in [6.45, 7) is 1.63. The highest BCUT2D eigenvalue weighted by Gasteiger charge is 2.32. The van der Waals surface area contributed by atoms with Gasteiger partial charge in [0.05, 0.1) is 16.7 Å². The van der Waals surface area contributed by atoms with E-state index < -0.39 is 32.8 Å². The van der Waals surface area contributed by atoms with E-state index in [4.69, 9.17) is 11.6 Å². The summed E-state index contributed by atoms with van der Waals surface area (Å²) in [5.74, 6) is 0. The Morgan fingerprint density at radius 2 is 2.00 bits per heavy atom. The molecule has 4 nitrogen and oxygen atoms in total. The highest BCUT2D eigenvalue weighted by molar-refractivity contribution is 7.89. The third kappa shape index (κ3) is 5.14. The standard InChI is InChI=1S/C12H15ClF3NO3S/c1-2-9(18)5-6-17-21(19,20)11-7-8(12(14,15)16)3-4-10(11)13/h3-4,7,9,17-18H,2,5-6H2,1H3. The third-order valence-corrected chi connectivity index (χ3v) is 4.73. The molecule has 1 rings (SSSR count). The molecule has 0 heterocycles. The van der Waals surface area contributed by atoms with Crippen molar-refractivity contribution in [1.29, 1.82) is 0 Å². The Labute approximate surface area is 126 Å². The molecule has 0 saturated heterocycles. The van der Waals surface area contributed by atoms with Gasteiger partial charge in [-0.3, -0.25) is 0 Å². The van der Waals surface area contributed by atoms with E-state index in [1.165, 1.54) is 0 Å². The van der Waals surface area contributed by atoms with Crippen molar-refractivity contribution in [1.82, 2.24) is 4.72 Å². The van der Waals surface area contributed by atoms with Crippen molar-refractivity contribution in [2.24, 2.45) is 0 Å². The minimum absolute atomic E-state index is 0.0933. The Morgan fingerprint density at radius 3 is 2.52 bits per heavy atom. The highest BCUT2D eigenvalue weighted by Crippen LogP contribution is 2.33. The van der Waals surface area contributed by atoms with Crippen LogP contribution in [-0.4, -0.2) is 26.2 Å². The van der Waals surface area contributed by atoms with Crippen molar-refractivity contribution in [2.45, 2.75) is 36.9 Å². The Kier molecular flexibility index (Phi) is 6.03. The van der Waals surface area contributed by atoms with Crippen LogP contribution in [0.2, 0.25) is 5.02 Å². The summed E-state index contributed by atoms with van der Waals surface area (Å²) in [6.07, 6.45) is -4.73. The average molecular weight is 346 g/mol. The zero-order valence-electron chi connectivity index (χ0n) is 11.1. The van der Waals surface area contributed by atoms with Crippen molar-refractivity contribution in [3.63, 3.8) is 0 Å². The van der Waals surface area contributed by atoms with E-state index in [2.05, 4.69) is 4.72 Å². The molecule has 0 bridgehead atoms. The van der Waals surface area contributed by atoms with Crippen molar-refractivity contribution >= 4 is 21.6 Å². The first kappa shape index (κ1) is 18.2. The number of rotatable bonds is 6. The number of nitrogens with one attached hydrogen (secondary N) is 1. The smallest absolute Gasteiger partial charge is 0.393 e. The first-order chi connectivity index (χ1) is 9.58. The predicted molar refractivity (Wildman–Crippen MR) is 72.6 cm³/mol. The second-order valence-corrected chi connectivity index (χ2v) is 6.53. The fourth-order valence-electron chi connectivity index (χ4n) is 1.53. The number of hydrogen-bond donors (Lipinski definition) is 2. The summed E-state index contributed by atoms with van der Waals surface area (Å²) in [7, 11) is -4.17. The largest absolute Gasteiger partial charge is 0.416 e. The number of halogens is 4. The minimum atomic E-state index is -4.66. The van der Waals surface area contributed by atoms with E-state index in [9.17, 15) is 26.7 Å². The molecule has 0 aliphatic rings. The lowest BCUT2D eigenvalue weighted by Crippen LogP contribution is -2.27. The number of hydrogen-bond acceptors (Lipinski definition) is 3. The van der Waals surface area contributed by atoms with Gasteiger partial charge < -0.3 is 5.11 Å². The maximum absolute atomic E-state index is 12.6.